The fourth-order valence-electron chi connectivity index (χ4n) is 2.56. The Kier molecular flexibility index (Phi) is 4.55. The van der Waals surface area contributed by atoms with E-state index >= 15 is 0 Å². The maximum Gasteiger partial charge on any atom is 0.170 e. The zero-order chi connectivity index (χ0) is 15.5. The number of likely N-dealkylation sites (N-methyl/N-ethyl adjacent to an activating group) is 1. The van der Waals surface area contributed by atoms with E-state index in [1.165, 1.54) is 5.56 Å². The second-order valence-corrected chi connectivity index (χ2v) is 6.23. The fraction of sp³-hybridized carbons (Fsp3) is 0.333. The SMILES string of the molecule is Cc1ccc(Oc2cc(Cl)ccc2OC2CCN(C)C2)cc1. The molecule has 0 N–H and O–H groups in total. The lowest BCUT2D eigenvalue weighted by molar-refractivity contribution is 0.201. The Labute approximate surface area is 136 Å². The predicted molar refractivity (Wildman–Crippen MR) is 89.2 cm³/mol. The van der Waals surface area contributed by atoms with Gasteiger partial charge >= 0.3 is 0 Å². The van der Waals surface area contributed by atoms with Crippen molar-refractivity contribution in [3.8, 4) is 17.2 Å². The highest BCUT2D eigenvalue weighted by Crippen LogP contribution is 2.35. The van der Waals surface area contributed by atoms with Crippen LogP contribution in [0.15, 0.2) is 42.5 Å². The lowest BCUT2D eigenvalue weighted by atomic mass is 10.2. The highest BCUT2D eigenvalue weighted by molar-refractivity contribution is 6.30. The summed E-state index contributed by atoms with van der Waals surface area (Å²) >= 11 is 6.10. The van der Waals surface area contributed by atoms with Gasteiger partial charge in [0.25, 0.3) is 0 Å². The first-order valence-electron chi connectivity index (χ1n) is 7.49. The van der Waals surface area contributed by atoms with Crippen LogP contribution in [-0.2, 0) is 0 Å². The summed E-state index contributed by atoms with van der Waals surface area (Å²) in [4.78, 5) is 2.26. The summed E-state index contributed by atoms with van der Waals surface area (Å²) in [6.45, 7) is 4.05. The molecular formula is C18H20ClNO2. The standard InChI is InChI=1S/C18H20ClNO2/c1-13-3-6-15(7-4-13)21-18-11-14(19)5-8-17(18)22-16-9-10-20(2)12-16/h3-8,11,16H,9-10,12H2,1-2H3. The Hall–Kier alpha value is -1.71. The summed E-state index contributed by atoms with van der Waals surface area (Å²) in [7, 11) is 2.11. The van der Waals surface area contributed by atoms with Crippen molar-refractivity contribution < 1.29 is 9.47 Å². The summed E-state index contributed by atoms with van der Waals surface area (Å²) in [5, 5.41) is 0.637. The number of rotatable bonds is 4. The van der Waals surface area contributed by atoms with Crippen molar-refractivity contribution in [1.82, 2.24) is 4.90 Å². The molecule has 4 heteroatoms. The van der Waals surface area contributed by atoms with Crippen molar-refractivity contribution in [3.05, 3.63) is 53.1 Å². The number of aryl methyl sites for hydroxylation is 1. The van der Waals surface area contributed by atoms with Crippen LogP contribution in [0.4, 0.5) is 0 Å². The molecule has 22 heavy (non-hydrogen) atoms. The highest BCUT2D eigenvalue weighted by Gasteiger charge is 2.22. The molecule has 0 amide bonds. The molecule has 1 fully saturated rings. The van der Waals surface area contributed by atoms with Gasteiger partial charge in [-0.15, -0.1) is 0 Å². The van der Waals surface area contributed by atoms with Gasteiger partial charge in [-0.1, -0.05) is 29.3 Å². The summed E-state index contributed by atoms with van der Waals surface area (Å²) < 4.78 is 12.1. The third kappa shape index (κ3) is 3.73. The van der Waals surface area contributed by atoms with Gasteiger partial charge in [0.1, 0.15) is 11.9 Å². The number of hydrogen-bond acceptors (Lipinski definition) is 3. The van der Waals surface area contributed by atoms with E-state index in [0.717, 1.165) is 31.0 Å². The van der Waals surface area contributed by atoms with Gasteiger partial charge in [0.05, 0.1) is 0 Å². The van der Waals surface area contributed by atoms with Crippen molar-refractivity contribution in [2.45, 2.75) is 19.4 Å². The van der Waals surface area contributed by atoms with Crippen molar-refractivity contribution in [2.24, 2.45) is 0 Å². The Morgan fingerprint density at radius 2 is 1.86 bits per heavy atom. The van der Waals surface area contributed by atoms with E-state index in [9.17, 15) is 0 Å². The van der Waals surface area contributed by atoms with Crippen LogP contribution in [0.5, 0.6) is 17.2 Å². The molecule has 0 radical (unpaired) electrons. The second-order valence-electron chi connectivity index (χ2n) is 5.80. The first-order valence-corrected chi connectivity index (χ1v) is 7.87. The van der Waals surface area contributed by atoms with Crippen molar-refractivity contribution in [2.75, 3.05) is 20.1 Å². The van der Waals surface area contributed by atoms with Gasteiger partial charge in [-0.3, -0.25) is 0 Å². The average Bonchev–Trinajstić information content (AvgIpc) is 2.90. The van der Waals surface area contributed by atoms with E-state index in [-0.39, 0.29) is 6.10 Å². The summed E-state index contributed by atoms with van der Waals surface area (Å²) in [5.74, 6) is 2.18. The number of nitrogens with zero attached hydrogens (tertiary/aromatic N) is 1. The summed E-state index contributed by atoms with van der Waals surface area (Å²) in [6, 6.07) is 13.4. The molecule has 0 saturated carbocycles. The number of halogens is 1. The van der Waals surface area contributed by atoms with E-state index in [2.05, 4.69) is 11.9 Å². The number of benzene rings is 2. The molecule has 1 unspecified atom stereocenters. The minimum atomic E-state index is 0.201. The van der Waals surface area contributed by atoms with Crippen molar-refractivity contribution >= 4 is 11.6 Å². The molecule has 1 atom stereocenters. The molecule has 2 aromatic rings. The third-order valence-corrected chi connectivity index (χ3v) is 4.03. The Bertz CT molecular complexity index is 642. The summed E-state index contributed by atoms with van der Waals surface area (Å²) in [5.41, 5.74) is 1.20. The Morgan fingerprint density at radius 1 is 1.09 bits per heavy atom. The van der Waals surface area contributed by atoms with Gasteiger partial charge in [-0.2, -0.15) is 0 Å². The van der Waals surface area contributed by atoms with E-state index in [4.69, 9.17) is 21.1 Å². The van der Waals surface area contributed by atoms with E-state index in [1.807, 2.05) is 43.3 Å². The van der Waals surface area contributed by atoms with Crippen LogP contribution in [0.25, 0.3) is 0 Å². The van der Waals surface area contributed by atoms with E-state index in [0.29, 0.717) is 10.8 Å². The van der Waals surface area contributed by atoms with Crippen molar-refractivity contribution in [3.63, 3.8) is 0 Å². The first-order chi connectivity index (χ1) is 10.6. The van der Waals surface area contributed by atoms with Crippen LogP contribution in [-0.4, -0.2) is 31.1 Å². The van der Waals surface area contributed by atoms with Gasteiger partial charge in [0.2, 0.25) is 0 Å². The molecule has 0 aromatic heterocycles. The normalized spacial score (nSPS) is 18.4. The quantitative estimate of drug-likeness (QED) is 0.827. The third-order valence-electron chi connectivity index (χ3n) is 3.80. The Morgan fingerprint density at radius 3 is 2.55 bits per heavy atom. The number of hydrogen-bond donors (Lipinski definition) is 0. The predicted octanol–water partition coefficient (Wildman–Crippen LogP) is 4.52. The lowest BCUT2D eigenvalue weighted by Crippen LogP contribution is -2.21. The molecular weight excluding hydrogens is 298 g/mol. The zero-order valence-corrected chi connectivity index (χ0v) is 13.6. The largest absolute Gasteiger partial charge is 0.485 e. The maximum absolute atomic E-state index is 6.10. The highest BCUT2D eigenvalue weighted by atomic mass is 35.5. The van der Waals surface area contributed by atoms with Crippen molar-refractivity contribution in [1.29, 1.82) is 0 Å². The molecule has 3 nitrogen and oxygen atoms in total. The molecule has 2 aromatic carbocycles. The monoisotopic (exact) mass is 317 g/mol. The van der Waals surface area contributed by atoms with Gasteiger partial charge in [-0.05, 0) is 44.7 Å². The Balaban J connectivity index is 1.79. The average molecular weight is 318 g/mol. The molecule has 1 aliphatic heterocycles. The van der Waals surface area contributed by atoms with Crippen LogP contribution in [0, 0.1) is 6.92 Å². The van der Waals surface area contributed by atoms with Crippen LogP contribution in [0.3, 0.4) is 0 Å². The first kappa shape index (κ1) is 15.2. The van der Waals surface area contributed by atoms with Gasteiger partial charge in [0, 0.05) is 24.2 Å². The second kappa shape index (κ2) is 6.59. The van der Waals surface area contributed by atoms with Crippen LogP contribution in [0.1, 0.15) is 12.0 Å². The minimum Gasteiger partial charge on any atom is -0.485 e. The topological polar surface area (TPSA) is 21.7 Å². The molecule has 1 saturated heterocycles. The number of ether oxygens (including phenoxy) is 2. The smallest absolute Gasteiger partial charge is 0.170 e. The molecule has 1 aliphatic rings. The van der Waals surface area contributed by atoms with Gasteiger partial charge in [0.15, 0.2) is 11.5 Å². The van der Waals surface area contributed by atoms with Gasteiger partial charge < -0.3 is 14.4 Å². The van der Waals surface area contributed by atoms with Crippen LogP contribution in [0.2, 0.25) is 5.02 Å². The molecule has 3 rings (SSSR count). The maximum atomic E-state index is 6.10. The van der Waals surface area contributed by atoms with Gasteiger partial charge in [-0.25, -0.2) is 0 Å². The van der Waals surface area contributed by atoms with Crippen LogP contribution < -0.4 is 9.47 Å². The summed E-state index contributed by atoms with van der Waals surface area (Å²) in [6.07, 6.45) is 1.23. The number of likely N-dealkylation sites (tertiary alicyclic amines) is 1. The minimum absolute atomic E-state index is 0.201. The molecule has 0 bridgehead atoms. The van der Waals surface area contributed by atoms with Crippen LogP contribution >= 0.6 is 11.6 Å². The van der Waals surface area contributed by atoms with E-state index in [1.54, 1.807) is 6.07 Å². The molecule has 0 aliphatic carbocycles. The molecule has 1 heterocycles. The van der Waals surface area contributed by atoms with E-state index < -0.39 is 0 Å². The lowest BCUT2D eigenvalue weighted by Gasteiger charge is -2.17. The fourth-order valence-corrected chi connectivity index (χ4v) is 2.72. The zero-order valence-electron chi connectivity index (χ0n) is 12.9. The molecule has 0 spiro atoms. The molecule has 116 valence electrons.